The van der Waals surface area contributed by atoms with Gasteiger partial charge in [0, 0.05) is 6.04 Å². The van der Waals surface area contributed by atoms with Gasteiger partial charge in [0.05, 0.1) is 10.5 Å². The Morgan fingerprint density at radius 3 is 2.42 bits per heavy atom. The lowest BCUT2D eigenvalue weighted by Gasteiger charge is -2.13. The molecule has 0 aliphatic carbocycles. The molecule has 2 N–H and O–H groups in total. The second-order valence-corrected chi connectivity index (χ2v) is 6.83. The molecule has 1 aromatic rings. The Morgan fingerprint density at radius 2 is 1.95 bits per heavy atom. The van der Waals surface area contributed by atoms with E-state index in [1.807, 2.05) is 6.26 Å². The van der Waals surface area contributed by atoms with Crippen LogP contribution in [0.3, 0.4) is 0 Å². The highest BCUT2D eigenvalue weighted by Crippen LogP contribution is 2.12. The van der Waals surface area contributed by atoms with E-state index in [-0.39, 0.29) is 16.5 Å². The molecule has 0 aliphatic heterocycles. The zero-order chi connectivity index (χ0) is 14.5. The number of thioether (sulfide) groups is 1. The van der Waals surface area contributed by atoms with Crippen LogP contribution in [0.15, 0.2) is 29.2 Å². The number of hydrogen-bond donors (Lipinski definition) is 2. The number of rotatable bonds is 7. The van der Waals surface area contributed by atoms with E-state index in [9.17, 15) is 13.2 Å². The average molecular weight is 303 g/mol. The maximum Gasteiger partial charge on any atom is 0.335 e. The number of nitrogens with one attached hydrogen (secondary N) is 1. The number of carbonyl (C=O) groups is 1. The van der Waals surface area contributed by atoms with Gasteiger partial charge in [-0.05, 0) is 49.6 Å². The van der Waals surface area contributed by atoms with Crippen molar-refractivity contribution >= 4 is 27.8 Å². The van der Waals surface area contributed by atoms with Crippen molar-refractivity contribution in [3.05, 3.63) is 29.8 Å². The van der Waals surface area contributed by atoms with Crippen LogP contribution in [0, 0.1) is 0 Å². The number of benzene rings is 1. The van der Waals surface area contributed by atoms with Gasteiger partial charge in [-0.25, -0.2) is 17.9 Å². The quantitative estimate of drug-likeness (QED) is 0.802. The normalized spacial score (nSPS) is 13.2. The molecule has 1 atom stereocenters. The summed E-state index contributed by atoms with van der Waals surface area (Å²) in [5.41, 5.74) is 0.0642. The van der Waals surface area contributed by atoms with Crippen LogP contribution in [-0.4, -0.2) is 37.5 Å². The monoisotopic (exact) mass is 303 g/mol. The third-order valence-electron chi connectivity index (χ3n) is 2.52. The molecule has 0 aromatic heterocycles. The molecule has 5 nitrogen and oxygen atoms in total. The van der Waals surface area contributed by atoms with Crippen molar-refractivity contribution in [3.8, 4) is 0 Å². The van der Waals surface area contributed by atoms with E-state index in [1.54, 1.807) is 18.7 Å². The van der Waals surface area contributed by atoms with Crippen LogP contribution >= 0.6 is 11.8 Å². The largest absolute Gasteiger partial charge is 0.478 e. The lowest BCUT2D eigenvalue weighted by Crippen LogP contribution is -2.33. The van der Waals surface area contributed by atoms with Crippen molar-refractivity contribution < 1.29 is 18.3 Å². The lowest BCUT2D eigenvalue weighted by molar-refractivity contribution is 0.0696. The van der Waals surface area contributed by atoms with E-state index < -0.39 is 16.0 Å². The summed E-state index contributed by atoms with van der Waals surface area (Å²) < 4.78 is 26.6. The summed E-state index contributed by atoms with van der Waals surface area (Å²) in [5.74, 6) is -0.202. The van der Waals surface area contributed by atoms with E-state index in [2.05, 4.69) is 4.72 Å². The Kier molecular flexibility index (Phi) is 5.84. The molecule has 0 amide bonds. The molecular formula is C12H17NO4S2. The standard InChI is InChI=1S/C12H17NO4S2/c1-9(7-8-18-2)13-19(16,17)11-5-3-10(4-6-11)12(14)15/h3-6,9,13H,7-8H2,1-2H3,(H,14,15). The predicted octanol–water partition coefficient (Wildman–Crippen LogP) is 1.80. The fourth-order valence-corrected chi connectivity index (χ4v) is 3.33. The van der Waals surface area contributed by atoms with Crippen molar-refractivity contribution in [2.45, 2.75) is 24.3 Å². The van der Waals surface area contributed by atoms with Crippen LogP contribution in [-0.2, 0) is 10.0 Å². The average Bonchev–Trinajstić information content (AvgIpc) is 2.36. The number of aromatic carboxylic acids is 1. The highest BCUT2D eigenvalue weighted by molar-refractivity contribution is 7.98. The molecule has 106 valence electrons. The van der Waals surface area contributed by atoms with Crippen LogP contribution in [0.2, 0.25) is 0 Å². The highest BCUT2D eigenvalue weighted by Gasteiger charge is 2.17. The first-order valence-electron chi connectivity index (χ1n) is 5.71. The Hall–Kier alpha value is -1.05. The van der Waals surface area contributed by atoms with Crippen molar-refractivity contribution in [3.63, 3.8) is 0 Å². The topological polar surface area (TPSA) is 83.5 Å². The number of carboxylic acid groups (broad SMARTS) is 1. The maximum atomic E-state index is 12.0. The van der Waals surface area contributed by atoms with Crippen molar-refractivity contribution in [2.24, 2.45) is 0 Å². The molecule has 0 spiro atoms. The van der Waals surface area contributed by atoms with E-state index >= 15 is 0 Å². The van der Waals surface area contributed by atoms with E-state index in [1.165, 1.54) is 24.3 Å². The van der Waals surface area contributed by atoms with Gasteiger partial charge in [0.25, 0.3) is 0 Å². The maximum absolute atomic E-state index is 12.0. The fraction of sp³-hybridized carbons (Fsp3) is 0.417. The number of carboxylic acids is 1. The molecule has 0 saturated heterocycles. The minimum absolute atomic E-state index is 0.0642. The van der Waals surface area contributed by atoms with E-state index in [0.29, 0.717) is 0 Å². The fourth-order valence-electron chi connectivity index (χ4n) is 1.46. The summed E-state index contributed by atoms with van der Waals surface area (Å²) in [7, 11) is -3.58. The number of sulfonamides is 1. The molecule has 0 fully saturated rings. The molecule has 0 aliphatic rings. The summed E-state index contributed by atoms with van der Waals surface area (Å²) in [6.07, 6.45) is 2.71. The highest BCUT2D eigenvalue weighted by atomic mass is 32.2. The predicted molar refractivity (Wildman–Crippen MR) is 76.2 cm³/mol. The smallest absolute Gasteiger partial charge is 0.335 e. The summed E-state index contributed by atoms with van der Waals surface area (Å²) in [4.78, 5) is 10.8. The lowest BCUT2D eigenvalue weighted by atomic mass is 10.2. The van der Waals surface area contributed by atoms with Gasteiger partial charge in [-0.2, -0.15) is 11.8 Å². The van der Waals surface area contributed by atoms with Gasteiger partial charge in [0.1, 0.15) is 0 Å². The molecule has 0 bridgehead atoms. The zero-order valence-electron chi connectivity index (χ0n) is 10.8. The van der Waals surface area contributed by atoms with E-state index in [0.717, 1.165) is 12.2 Å². The molecule has 1 rings (SSSR count). The first-order chi connectivity index (χ1) is 8.86. The van der Waals surface area contributed by atoms with Crippen LogP contribution in [0.25, 0.3) is 0 Å². The molecule has 19 heavy (non-hydrogen) atoms. The van der Waals surface area contributed by atoms with Gasteiger partial charge in [-0.15, -0.1) is 0 Å². The number of hydrogen-bond acceptors (Lipinski definition) is 4. The summed E-state index contributed by atoms with van der Waals surface area (Å²) in [6, 6.07) is 5.00. The minimum atomic E-state index is -3.58. The first kappa shape index (κ1) is 16.0. The van der Waals surface area contributed by atoms with Crippen LogP contribution in [0.1, 0.15) is 23.7 Å². The van der Waals surface area contributed by atoms with E-state index in [4.69, 9.17) is 5.11 Å². The van der Waals surface area contributed by atoms with Crippen molar-refractivity contribution in [1.82, 2.24) is 4.72 Å². The summed E-state index contributed by atoms with van der Waals surface area (Å²) in [6.45, 7) is 1.80. The molecule has 1 aromatic carbocycles. The third-order valence-corrected chi connectivity index (χ3v) is 4.77. The first-order valence-corrected chi connectivity index (χ1v) is 8.59. The zero-order valence-corrected chi connectivity index (χ0v) is 12.4. The van der Waals surface area contributed by atoms with Crippen LogP contribution in [0.5, 0.6) is 0 Å². The van der Waals surface area contributed by atoms with Crippen LogP contribution in [0.4, 0.5) is 0 Å². The van der Waals surface area contributed by atoms with Crippen molar-refractivity contribution in [2.75, 3.05) is 12.0 Å². The third kappa shape index (κ3) is 4.85. The van der Waals surface area contributed by atoms with Gasteiger partial charge < -0.3 is 5.11 Å². The van der Waals surface area contributed by atoms with Gasteiger partial charge in [0.2, 0.25) is 10.0 Å². The van der Waals surface area contributed by atoms with Crippen LogP contribution < -0.4 is 4.72 Å². The Labute approximate surface area is 117 Å². The van der Waals surface area contributed by atoms with Gasteiger partial charge >= 0.3 is 5.97 Å². The van der Waals surface area contributed by atoms with Gasteiger partial charge in [-0.1, -0.05) is 0 Å². The summed E-state index contributed by atoms with van der Waals surface area (Å²) >= 11 is 1.66. The van der Waals surface area contributed by atoms with Gasteiger partial charge in [-0.3, -0.25) is 0 Å². The molecule has 0 heterocycles. The SMILES string of the molecule is CSCCC(C)NS(=O)(=O)c1ccc(C(=O)O)cc1. The molecule has 1 unspecified atom stereocenters. The molecule has 7 heteroatoms. The Bertz CT molecular complexity index is 525. The molecule has 0 saturated carbocycles. The second kappa shape index (κ2) is 6.93. The Morgan fingerprint density at radius 1 is 1.37 bits per heavy atom. The minimum Gasteiger partial charge on any atom is -0.478 e. The van der Waals surface area contributed by atoms with Gasteiger partial charge in [0.15, 0.2) is 0 Å². The Balaban J connectivity index is 2.79. The second-order valence-electron chi connectivity index (χ2n) is 4.13. The molecular weight excluding hydrogens is 286 g/mol. The van der Waals surface area contributed by atoms with Crippen molar-refractivity contribution in [1.29, 1.82) is 0 Å². The molecule has 0 radical (unpaired) electrons. The summed E-state index contributed by atoms with van der Waals surface area (Å²) in [5, 5.41) is 8.75.